The van der Waals surface area contributed by atoms with E-state index in [1.165, 1.54) is 16.7 Å². The molecular weight excluding hydrogens is 460 g/mol. The fraction of sp³-hybridized carbons (Fsp3) is 0.750. The summed E-state index contributed by atoms with van der Waals surface area (Å²) in [4.78, 5) is 41.1. The Kier molecular flexibility index (Phi) is 7.78. The molecule has 2 amide bonds. The normalized spacial score (nSPS) is 35.3. The lowest BCUT2D eigenvalue weighted by Crippen LogP contribution is -2.63. The maximum atomic E-state index is 13.0. The third-order valence-electron chi connectivity index (χ3n) is 6.84. The number of carbonyl (C=O) groups excluding carboxylic acids is 2. The Balaban J connectivity index is 0.00000289. The molecule has 0 aliphatic carbocycles. The zero-order chi connectivity index (χ0) is 22.4. The molecule has 3 fully saturated rings. The van der Waals surface area contributed by atoms with Gasteiger partial charge in [0.25, 0.3) is 0 Å². The SMILES string of the molecule is C[C@@H](O)[C@H]1C(=O)N2C(C(=O)O)=C(S[C@@H]3CN[C@H](C(=O)N4CCNCC4CO)C3)[C@H](C)[C@H]12.Cl. The number of nitrogens with zero attached hydrogens (tertiary/aromatic N) is 2. The van der Waals surface area contributed by atoms with Crippen molar-refractivity contribution in [1.82, 2.24) is 20.4 Å². The van der Waals surface area contributed by atoms with Crippen molar-refractivity contribution in [3.05, 3.63) is 10.6 Å². The smallest absolute Gasteiger partial charge is 0.353 e. The number of amides is 2. The van der Waals surface area contributed by atoms with Crippen molar-refractivity contribution < 1.29 is 29.7 Å². The monoisotopic (exact) mass is 490 g/mol. The van der Waals surface area contributed by atoms with E-state index in [0.29, 0.717) is 37.5 Å². The summed E-state index contributed by atoms with van der Waals surface area (Å²) < 4.78 is 0. The van der Waals surface area contributed by atoms with E-state index >= 15 is 0 Å². The Morgan fingerprint density at radius 3 is 2.66 bits per heavy atom. The van der Waals surface area contributed by atoms with E-state index < -0.39 is 18.0 Å². The second kappa shape index (κ2) is 9.86. The van der Waals surface area contributed by atoms with Gasteiger partial charge < -0.3 is 35.8 Å². The Morgan fingerprint density at radius 1 is 1.31 bits per heavy atom. The van der Waals surface area contributed by atoms with Crippen LogP contribution in [0.2, 0.25) is 0 Å². The van der Waals surface area contributed by atoms with Crippen molar-refractivity contribution in [3.63, 3.8) is 0 Å². The molecule has 180 valence electrons. The minimum Gasteiger partial charge on any atom is -0.477 e. The number of piperazine rings is 1. The molecular formula is C20H31ClN4O6S. The molecule has 0 aromatic heterocycles. The van der Waals surface area contributed by atoms with Gasteiger partial charge in [-0.05, 0) is 13.3 Å². The van der Waals surface area contributed by atoms with Crippen LogP contribution in [0.1, 0.15) is 20.3 Å². The van der Waals surface area contributed by atoms with Crippen molar-refractivity contribution in [2.45, 2.75) is 49.7 Å². The Bertz CT molecular complexity index is 811. The summed E-state index contributed by atoms with van der Waals surface area (Å²) in [6.45, 7) is 5.72. The van der Waals surface area contributed by atoms with Crippen molar-refractivity contribution >= 4 is 42.0 Å². The van der Waals surface area contributed by atoms with Crippen LogP contribution in [-0.4, -0.2) is 105 Å². The first-order chi connectivity index (χ1) is 14.8. The van der Waals surface area contributed by atoms with Crippen molar-refractivity contribution in [3.8, 4) is 0 Å². The Hall–Kier alpha value is -1.37. The predicted octanol–water partition coefficient (Wildman–Crippen LogP) is -1.18. The van der Waals surface area contributed by atoms with Crippen molar-refractivity contribution in [2.24, 2.45) is 11.8 Å². The third-order valence-corrected chi connectivity index (χ3v) is 8.35. The second-order valence-corrected chi connectivity index (χ2v) is 10.1. The van der Waals surface area contributed by atoms with E-state index in [1.54, 1.807) is 11.8 Å². The molecule has 32 heavy (non-hydrogen) atoms. The third kappa shape index (κ3) is 4.14. The van der Waals surface area contributed by atoms with E-state index in [-0.39, 0.29) is 65.8 Å². The van der Waals surface area contributed by atoms with Gasteiger partial charge in [-0.15, -0.1) is 24.2 Å². The van der Waals surface area contributed by atoms with E-state index in [4.69, 9.17) is 0 Å². The molecule has 12 heteroatoms. The van der Waals surface area contributed by atoms with Crippen LogP contribution in [0, 0.1) is 11.8 Å². The molecule has 0 aromatic carbocycles. The van der Waals surface area contributed by atoms with Gasteiger partial charge in [-0.3, -0.25) is 9.59 Å². The van der Waals surface area contributed by atoms with Gasteiger partial charge in [0, 0.05) is 42.3 Å². The number of carbonyl (C=O) groups is 3. The number of hydrogen-bond donors (Lipinski definition) is 5. The molecule has 7 atom stereocenters. The number of hydrogen-bond acceptors (Lipinski definition) is 8. The molecule has 0 saturated carbocycles. The molecule has 0 spiro atoms. The molecule has 0 bridgehead atoms. The molecule has 10 nitrogen and oxygen atoms in total. The zero-order valence-corrected chi connectivity index (χ0v) is 19.7. The molecule has 4 heterocycles. The number of aliphatic carboxylic acids is 1. The van der Waals surface area contributed by atoms with Gasteiger partial charge in [0.1, 0.15) is 5.70 Å². The average molecular weight is 491 g/mol. The number of rotatable bonds is 6. The van der Waals surface area contributed by atoms with Crippen molar-refractivity contribution in [1.29, 1.82) is 0 Å². The molecule has 3 saturated heterocycles. The summed E-state index contributed by atoms with van der Waals surface area (Å²) in [6, 6.07) is -0.948. The van der Waals surface area contributed by atoms with Crippen LogP contribution in [0.15, 0.2) is 10.6 Å². The minimum absolute atomic E-state index is 0. The van der Waals surface area contributed by atoms with Crippen molar-refractivity contribution in [2.75, 3.05) is 32.8 Å². The van der Waals surface area contributed by atoms with Gasteiger partial charge in [-0.2, -0.15) is 0 Å². The van der Waals surface area contributed by atoms with Gasteiger partial charge >= 0.3 is 5.97 Å². The number of aliphatic hydroxyl groups excluding tert-OH is 2. The van der Waals surface area contributed by atoms with Gasteiger partial charge in [0.05, 0.1) is 36.8 Å². The Labute approximate surface area is 197 Å². The summed E-state index contributed by atoms with van der Waals surface area (Å²) in [7, 11) is 0. The lowest BCUT2D eigenvalue weighted by atomic mass is 9.79. The maximum Gasteiger partial charge on any atom is 0.353 e. The molecule has 1 unspecified atom stereocenters. The molecule has 0 aromatic rings. The highest BCUT2D eigenvalue weighted by molar-refractivity contribution is 8.03. The first-order valence-corrected chi connectivity index (χ1v) is 11.6. The number of β-lactam (4-membered cyclic amide) rings is 1. The molecule has 5 N–H and O–H groups in total. The topological polar surface area (TPSA) is 142 Å². The highest BCUT2D eigenvalue weighted by Gasteiger charge is 2.60. The second-order valence-electron chi connectivity index (χ2n) is 8.78. The first-order valence-electron chi connectivity index (χ1n) is 10.8. The average Bonchev–Trinajstić information content (AvgIpc) is 3.29. The lowest BCUT2D eigenvalue weighted by molar-refractivity contribution is -0.163. The largest absolute Gasteiger partial charge is 0.477 e. The van der Waals surface area contributed by atoms with E-state index in [2.05, 4.69) is 10.6 Å². The fourth-order valence-electron chi connectivity index (χ4n) is 5.25. The maximum absolute atomic E-state index is 13.0. The van der Waals surface area contributed by atoms with E-state index in [9.17, 15) is 29.7 Å². The van der Waals surface area contributed by atoms with Crippen LogP contribution < -0.4 is 10.6 Å². The van der Waals surface area contributed by atoms with Gasteiger partial charge in [0.2, 0.25) is 11.8 Å². The van der Waals surface area contributed by atoms with Gasteiger partial charge in [-0.1, -0.05) is 6.92 Å². The highest BCUT2D eigenvalue weighted by atomic mass is 35.5. The Morgan fingerprint density at radius 2 is 2.03 bits per heavy atom. The zero-order valence-electron chi connectivity index (χ0n) is 18.1. The molecule has 4 aliphatic heterocycles. The van der Waals surface area contributed by atoms with Crippen LogP contribution in [0.4, 0.5) is 0 Å². The lowest BCUT2D eigenvalue weighted by Gasteiger charge is -2.46. The predicted molar refractivity (Wildman–Crippen MR) is 120 cm³/mol. The summed E-state index contributed by atoms with van der Waals surface area (Å²) in [5.41, 5.74) is 0.0154. The standard InChI is InChI=1S/C20H30N4O6S.ClH/c1-9-15-14(10(2)26)19(28)24(15)16(20(29)30)17(9)31-12-5-13(22-7-12)18(27)23-4-3-21-6-11(23)8-25;/h9-15,21-22,25-26H,3-8H2,1-2H3,(H,29,30);1H/t9-,10-,11?,12+,13+,14-,15-;/m1./s1. The molecule has 4 rings (SSSR count). The number of carboxylic acids is 1. The fourth-order valence-corrected chi connectivity index (χ4v) is 6.73. The van der Waals surface area contributed by atoms with Gasteiger partial charge in [0.15, 0.2) is 0 Å². The van der Waals surface area contributed by atoms with E-state index in [1.807, 2.05) is 6.92 Å². The summed E-state index contributed by atoms with van der Waals surface area (Å²) in [6.07, 6.45) is -0.281. The van der Waals surface area contributed by atoms with Crippen LogP contribution in [-0.2, 0) is 14.4 Å². The van der Waals surface area contributed by atoms with Crippen LogP contribution in [0.5, 0.6) is 0 Å². The number of thioether (sulfide) groups is 1. The van der Waals surface area contributed by atoms with Gasteiger partial charge in [-0.25, -0.2) is 4.79 Å². The number of halogens is 1. The van der Waals surface area contributed by atoms with Crippen LogP contribution in [0.3, 0.4) is 0 Å². The van der Waals surface area contributed by atoms with Crippen LogP contribution in [0.25, 0.3) is 0 Å². The number of nitrogens with one attached hydrogen (secondary N) is 2. The highest BCUT2D eigenvalue weighted by Crippen LogP contribution is 2.51. The van der Waals surface area contributed by atoms with Crippen LogP contribution >= 0.6 is 24.2 Å². The summed E-state index contributed by atoms with van der Waals surface area (Å²) in [5, 5.41) is 35.7. The number of fused-ring (bicyclic) bond motifs is 1. The summed E-state index contributed by atoms with van der Waals surface area (Å²) >= 11 is 1.43. The molecule has 0 radical (unpaired) electrons. The first kappa shape index (κ1) is 25.3. The quantitative estimate of drug-likeness (QED) is 0.291. The molecule has 4 aliphatic rings. The summed E-state index contributed by atoms with van der Waals surface area (Å²) in [5.74, 6) is -2.29. The number of aliphatic hydroxyl groups is 2. The minimum atomic E-state index is -1.14. The number of carboxylic acid groups (broad SMARTS) is 1. The van der Waals surface area contributed by atoms with E-state index in [0.717, 1.165) is 0 Å².